The molecule has 0 amide bonds. The van der Waals surface area contributed by atoms with Crippen LogP contribution in [0.3, 0.4) is 0 Å². The van der Waals surface area contributed by atoms with Crippen molar-refractivity contribution in [3.8, 4) is 0 Å². The molecule has 2 aromatic rings. The fourth-order valence-corrected chi connectivity index (χ4v) is 2.35. The molecule has 2 heteroatoms. The van der Waals surface area contributed by atoms with Gasteiger partial charge in [0.25, 0.3) is 0 Å². The number of nitrogens with zero attached hydrogens (tertiary/aromatic N) is 1. The molecular weight excluding hydrogens is 234 g/mol. The van der Waals surface area contributed by atoms with Gasteiger partial charge in [0.15, 0.2) is 0 Å². The third-order valence-corrected chi connectivity index (χ3v) is 3.41. The van der Waals surface area contributed by atoms with Gasteiger partial charge in [-0.25, -0.2) is 0 Å². The largest absolute Gasteiger partial charge is 0.388 e. The number of aromatic nitrogens is 1. The van der Waals surface area contributed by atoms with Gasteiger partial charge in [-0.2, -0.15) is 0 Å². The summed E-state index contributed by atoms with van der Waals surface area (Å²) in [7, 11) is 0. The zero-order valence-corrected chi connectivity index (χ0v) is 11.6. The molecule has 0 aliphatic heterocycles. The molecule has 1 atom stereocenters. The molecule has 2 nitrogen and oxygen atoms in total. The van der Waals surface area contributed by atoms with E-state index >= 15 is 0 Å². The Balaban J connectivity index is 1.89. The summed E-state index contributed by atoms with van der Waals surface area (Å²) in [6, 6.07) is 14.4. The predicted molar refractivity (Wildman–Crippen MR) is 78.1 cm³/mol. The van der Waals surface area contributed by atoms with Crippen molar-refractivity contribution >= 4 is 0 Å². The minimum Gasteiger partial charge on any atom is -0.388 e. The van der Waals surface area contributed by atoms with E-state index in [4.69, 9.17) is 0 Å². The number of pyridine rings is 1. The van der Waals surface area contributed by atoms with Crippen LogP contribution in [0.15, 0.2) is 42.5 Å². The van der Waals surface area contributed by atoms with Gasteiger partial charge in [0.2, 0.25) is 0 Å². The van der Waals surface area contributed by atoms with Crippen LogP contribution in [0.25, 0.3) is 0 Å². The summed E-state index contributed by atoms with van der Waals surface area (Å²) in [5.74, 6) is 0. The molecule has 1 aromatic carbocycles. The van der Waals surface area contributed by atoms with Crippen LogP contribution in [0.2, 0.25) is 0 Å². The maximum atomic E-state index is 10.2. The zero-order valence-electron chi connectivity index (χ0n) is 11.6. The van der Waals surface area contributed by atoms with Crippen LogP contribution in [0.5, 0.6) is 0 Å². The highest BCUT2D eigenvalue weighted by atomic mass is 16.3. The standard InChI is InChI=1S/C17H21NO/c1-13-11-12-16(14(2)18-13)17(19)10-6-9-15-7-4-3-5-8-15/h3-5,7-8,11-12,17,19H,6,9-10H2,1-2H3. The van der Waals surface area contributed by atoms with Crippen LogP contribution in [0, 0.1) is 13.8 Å². The summed E-state index contributed by atoms with van der Waals surface area (Å²) in [4.78, 5) is 4.40. The van der Waals surface area contributed by atoms with Crippen molar-refractivity contribution in [3.63, 3.8) is 0 Å². The van der Waals surface area contributed by atoms with E-state index in [2.05, 4.69) is 29.2 Å². The van der Waals surface area contributed by atoms with Gasteiger partial charge in [0.1, 0.15) is 0 Å². The smallest absolute Gasteiger partial charge is 0.0807 e. The molecule has 1 N–H and O–H groups in total. The van der Waals surface area contributed by atoms with Crippen LogP contribution >= 0.6 is 0 Å². The fourth-order valence-electron chi connectivity index (χ4n) is 2.35. The number of benzene rings is 1. The highest BCUT2D eigenvalue weighted by Gasteiger charge is 2.11. The Bertz CT molecular complexity index is 522. The van der Waals surface area contributed by atoms with Crippen molar-refractivity contribution in [2.45, 2.75) is 39.2 Å². The first kappa shape index (κ1) is 13.8. The monoisotopic (exact) mass is 255 g/mol. The van der Waals surface area contributed by atoms with Crippen molar-refractivity contribution in [2.24, 2.45) is 0 Å². The summed E-state index contributed by atoms with van der Waals surface area (Å²) < 4.78 is 0. The molecule has 1 aromatic heterocycles. The van der Waals surface area contributed by atoms with Gasteiger partial charge in [-0.05, 0) is 44.7 Å². The Morgan fingerprint density at radius 2 is 1.79 bits per heavy atom. The van der Waals surface area contributed by atoms with Gasteiger partial charge in [-0.1, -0.05) is 36.4 Å². The number of hydrogen-bond acceptors (Lipinski definition) is 2. The van der Waals surface area contributed by atoms with E-state index in [-0.39, 0.29) is 0 Å². The topological polar surface area (TPSA) is 33.1 Å². The maximum absolute atomic E-state index is 10.2. The molecule has 19 heavy (non-hydrogen) atoms. The lowest BCUT2D eigenvalue weighted by atomic mass is 10.0. The van der Waals surface area contributed by atoms with Gasteiger partial charge >= 0.3 is 0 Å². The molecule has 0 fully saturated rings. The van der Waals surface area contributed by atoms with Crippen LogP contribution < -0.4 is 0 Å². The molecule has 1 heterocycles. The van der Waals surface area contributed by atoms with Crippen molar-refractivity contribution in [3.05, 3.63) is 65.0 Å². The predicted octanol–water partition coefficient (Wildman–Crippen LogP) is 3.75. The molecule has 1 unspecified atom stereocenters. The molecule has 0 bridgehead atoms. The van der Waals surface area contributed by atoms with E-state index in [1.165, 1.54) is 5.56 Å². The highest BCUT2D eigenvalue weighted by Crippen LogP contribution is 2.22. The summed E-state index contributed by atoms with van der Waals surface area (Å²) in [5, 5.41) is 10.2. The molecule has 0 aliphatic rings. The second-order valence-electron chi connectivity index (χ2n) is 5.02. The van der Waals surface area contributed by atoms with Crippen molar-refractivity contribution in [2.75, 3.05) is 0 Å². The van der Waals surface area contributed by atoms with Gasteiger partial charge in [0.05, 0.1) is 6.10 Å². The molecule has 100 valence electrons. The Hall–Kier alpha value is -1.67. The van der Waals surface area contributed by atoms with Gasteiger partial charge < -0.3 is 5.11 Å². The highest BCUT2D eigenvalue weighted by molar-refractivity contribution is 5.24. The molecule has 0 saturated carbocycles. The first-order valence-corrected chi connectivity index (χ1v) is 6.83. The van der Waals surface area contributed by atoms with E-state index in [0.29, 0.717) is 0 Å². The number of aliphatic hydroxyl groups is 1. The lowest BCUT2D eigenvalue weighted by Gasteiger charge is -2.13. The Morgan fingerprint density at radius 3 is 2.47 bits per heavy atom. The SMILES string of the molecule is Cc1ccc(C(O)CCCc2ccccc2)c(C)n1. The third-order valence-electron chi connectivity index (χ3n) is 3.41. The van der Waals surface area contributed by atoms with Crippen LogP contribution in [-0.4, -0.2) is 10.1 Å². The van der Waals surface area contributed by atoms with E-state index in [0.717, 1.165) is 36.2 Å². The lowest BCUT2D eigenvalue weighted by Crippen LogP contribution is -2.03. The normalized spacial score (nSPS) is 12.4. The first-order valence-electron chi connectivity index (χ1n) is 6.83. The molecule has 0 aliphatic carbocycles. The fraction of sp³-hybridized carbons (Fsp3) is 0.353. The summed E-state index contributed by atoms with van der Waals surface area (Å²) in [6.45, 7) is 3.93. The second kappa shape index (κ2) is 6.48. The third kappa shape index (κ3) is 3.90. The number of rotatable bonds is 5. The van der Waals surface area contributed by atoms with Crippen molar-refractivity contribution in [1.29, 1.82) is 0 Å². The first-order chi connectivity index (χ1) is 9.16. The van der Waals surface area contributed by atoms with Crippen LogP contribution in [0.1, 0.15) is 41.5 Å². The van der Waals surface area contributed by atoms with E-state index in [1.54, 1.807) is 0 Å². The molecule has 0 radical (unpaired) electrons. The van der Waals surface area contributed by atoms with Gasteiger partial charge in [-0.15, -0.1) is 0 Å². The van der Waals surface area contributed by atoms with E-state index in [1.807, 2.05) is 32.0 Å². The lowest BCUT2D eigenvalue weighted by molar-refractivity contribution is 0.163. The summed E-state index contributed by atoms with van der Waals surface area (Å²) in [6.07, 6.45) is 2.37. The number of aryl methyl sites for hydroxylation is 3. The van der Waals surface area contributed by atoms with Crippen LogP contribution in [0.4, 0.5) is 0 Å². The minimum absolute atomic E-state index is 0.406. The second-order valence-corrected chi connectivity index (χ2v) is 5.02. The average molecular weight is 255 g/mol. The molecule has 0 saturated heterocycles. The molecular formula is C17H21NO. The Kier molecular flexibility index (Phi) is 4.69. The van der Waals surface area contributed by atoms with E-state index < -0.39 is 6.10 Å². The quantitative estimate of drug-likeness (QED) is 0.882. The summed E-state index contributed by atoms with van der Waals surface area (Å²) in [5.41, 5.74) is 4.22. The molecule has 2 rings (SSSR count). The zero-order chi connectivity index (χ0) is 13.7. The summed E-state index contributed by atoms with van der Waals surface area (Å²) >= 11 is 0. The van der Waals surface area contributed by atoms with Gasteiger partial charge in [-0.3, -0.25) is 4.98 Å². The van der Waals surface area contributed by atoms with Crippen molar-refractivity contribution < 1.29 is 5.11 Å². The Labute approximate surface area is 115 Å². The maximum Gasteiger partial charge on any atom is 0.0807 e. The van der Waals surface area contributed by atoms with E-state index in [9.17, 15) is 5.11 Å². The minimum atomic E-state index is -0.406. The number of aliphatic hydroxyl groups excluding tert-OH is 1. The Morgan fingerprint density at radius 1 is 1.05 bits per heavy atom. The molecule has 0 spiro atoms. The van der Waals surface area contributed by atoms with Gasteiger partial charge in [0, 0.05) is 17.0 Å². The van der Waals surface area contributed by atoms with Crippen molar-refractivity contribution in [1.82, 2.24) is 4.98 Å². The average Bonchev–Trinajstić information content (AvgIpc) is 2.39. The number of hydrogen-bond donors (Lipinski definition) is 1. The van der Waals surface area contributed by atoms with Crippen LogP contribution in [-0.2, 0) is 6.42 Å².